The Labute approximate surface area is 164 Å². The second-order valence-electron chi connectivity index (χ2n) is 7.90. The molecular formula is C22H25N3O3. The first-order valence-corrected chi connectivity index (χ1v) is 9.90. The van der Waals surface area contributed by atoms with Crippen LogP contribution in [0.3, 0.4) is 0 Å². The van der Waals surface area contributed by atoms with Crippen LogP contribution < -0.4 is 16.0 Å². The molecule has 0 spiro atoms. The first-order valence-electron chi connectivity index (χ1n) is 9.90. The van der Waals surface area contributed by atoms with Crippen molar-refractivity contribution in [3.63, 3.8) is 0 Å². The zero-order valence-corrected chi connectivity index (χ0v) is 15.8. The largest absolute Gasteiger partial charge is 0.368 e. The second-order valence-corrected chi connectivity index (χ2v) is 7.90. The molecule has 1 saturated carbocycles. The maximum Gasteiger partial charge on any atom is 0.243 e. The second kappa shape index (κ2) is 7.26. The summed E-state index contributed by atoms with van der Waals surface area (Å²) in [6.45, 7) is 0.313. The number of hydrogen-bond donors (Lipinski definition) is 2. The number of rotatable bonds is 4. The molecule has 0 radical (unpaired) electrons. The van der Waals surface area contributed by atoms with Gasteiger partial charge in [0.25, 0.3) is 0 Å². The van der Waals surface area contributed by atoms with E-state index in [9.17, 15) is 14.4 Å². The first-order chi connectivity index (χ1) is 13.5. The van der Waals surface area contributed by atoms with Gasteiger partial charge in [-0.25, -0.2) is 0 Å². The van der Waals surface area contributed by atoms with E-state index in [1.54, 1.807) is 4.90 Å². The van der Waals surface area contributed by atoms with Gasteiger partial charge in [0.1, 0.15) is 5.54 Å². The Balaban J connectivity index is 1.54. The van der Waals surface area contributed by atoms with Crippen molar-refractivity contribution in [1.82, 2.24) is 5.32 Å². The Kier molecular flexibility index (Phi) is 4.79. The van der Waals surface area contributed by atoms with Gasteiger partial charge >= 0.3 is 0 Å². The summed E-state index contributed by atoms with van der Waals surface area (Å²) in [5.41, 5.74) is 5.48. The summed E-state index contributed by atoms with van der Waals surface area (Å²) in [5.74, 6) is -1.29. The number of nitrogens with two attached hydrogens (primary N) is 1. The van der Waals surface area contributed by atoms with Gasteiger partial charge in [-0.3, -0.25) is 14.4 Å². The van der Waals surface area contributed by atoms with E-state index in [-0.39, 0.29) is 18.2 Å². The summed E-state index contributed by atoms with van der Waals surface area (Å²) in [6, 6.07) is 13.7. The van der Waals surface area contributed by atoms with Crippen molar-refractivity contribution < 1.29 is 14.4 Å². The molecule has 4 rings (SSSR count). The lowest BCUT2D eigenvalue weighted by Crippen LogP contribution is -2.59. The predicted molar refractivity (Wildman–Crippen MR) is 108 cm³/mol. The topological polar surface area (TPSA) is 92.5 Å². The number of primary amides is 1. The molecule has 2 aromatic rings. The fraction of sp³-hybridized carbons (Fsp3) is 0.409. The molecule has 1 heterocycles. The third-order valence-electron chi connectivity index (χ3n) is 6.09. The van der Waals surface area contributed by atoms with Crippen LogP contribution in [0.2, 0.25) is 0 Å². The van der Waals surface area contributed by atoms with E-state index in [2.05, 4.69) is 5.32 Å². The Morgan fingerprint density at radius 1 is 1.04 bits per heavy atom. The molecule has 6 nitrogen and oxygen atoms in total. The Morgan fingerprint density at radius 2 is 1.75 bits per heavy atom. The number of anilines is 1. The van der Waals surface area contributed by atoms with Gasteiger partial charge in [-0.1, -0.05) is 55.7 Å². The molecule has 1 unspecified atom stereocenters. The summed E-state index contributed by atoms with van der Waals surface area (Å²) < 4.78 is 0. The van der Waals surface area contributed by atoms with Gasteiger partial charge in [-0.2, -0.15) is 0 Å². The maximum atomic E-state index is 12.9. The van der Waals surface area contributed by atoms with Crippen LogP contribution in [-0.2, 0) is 14.4 Å². The summed E-state index contributed by atoms with van der Waals surface area (Å²) in [4.78, 5) is 39.3. The fourth-order valence-corrected chi connectivity index (χ4v) is 4.49. The number of benzene rings is 2. The molecule has 1 atom stereocenters. The summed E-state index contributed by atoms with van der Waals surface area (Å²) in [7, 11) is 0. The van der Waals surface area contributed by atoms with Crippen LogP contribution >= 0.6 is 0 Å². The average Bonchev–Trinajstić information content (AvgIpc) is 3.10. The van der Waals surface area contributed by atoms with Crippen LogP contribution in [0.15, 0.2) is 42.5 Å². The van der Waals surface area contributed by atoms with E-state index in [0.717, 1.165) is 35.7 Å². The third kappa shape index (κ3) is 3.23. The minimum Gasteiger partial charge on any atom is -0.368 e. The van der Waals surface area contributed by atoms with Gasteiger partial charge < -0.3 is 16.0 Å². The van der Waals surface area contributed by atoms with Gasteiger partial charge in [-0.15, -0.1) is 0 Å². The normalized spacial score (nSPS) is 21.6. The number of amides is 3. The molecule has 146 valence electrons. The summed E-state index contributed by atoms with van der Waals surface area (Å²) >= 11 is 0. The highest BCUT2D eigenvalue weighted by atomic mass is 16.2. The van der Waals surface area contributed by atoms with Crippen LogP contribution in [0, 0.1) is 5.92 Å². The highest BCUT2D eigenvalue weighted by molar-refractivity contribution is 6.07. The van der Waals surface area contributed by atoms with Crippen LogP contribution in [0.4, 0.5) is 5.69 Å². The van der Waals surface area contributed by atoms with Crippen LogP contribution in [-0.4, -0.2) is 29.8 Å². The van der Waals surface area contributed by atoms with Crippen molar-refractivity contribution in [2.24, 2.45) is 11.7 Å². The molecule has 1 saturated heterocycles. The molecule has 3 N–H and O–H groups in total. The van der Waals surface area contributed by atoms with E-state index < -0.39 is 17.4 Å². The van der Waals surface area contributed by atoms with Crippen molar-refractivity contribution >= 4 is 34.2 Å². The minimum absolute atomic E-state index is 0.0757. The molecule has 2 aliphatic rings. The smallest absolute Gasteiger partial charge is 0.243 e. The van der Waals surface area contributed by atoms with Gasteiger partial charge in [0.2, 0.25) is 17.7 Å². The Morgan fingerprint density at radius 3 is 2.50 bits per heavy atom. The summed E-state index contributed by atoms with van der Waals surface area (Å²) in [5, 5.41) is 4.95. The molecule has 1 aliphatic carbocycles. The number of hydrogen-bond acceptors (Lipinski definition) is 3. The highest BCUT2D eigenvalue weighted by Gasteiger charge is 2.43. The molecule has 1 aliphatic heterocycles. The number of carbonyl (C=O) groups is 3. The molecule has 3 amide bonds. The number of carbonyl (C=O) groups excluding carboxylic acids is 3. The lowest BCUT2D eigenvalue weighted by Gasteiger charge is -2.35. The van der Waals surface area contributed by atoms with E-state index in [1.165, 1.54) is 0 Å². The van der Waals surface area contributed by atoms with Crippen molar-refractivity contribution in [2.75, 3.05) is 11.4 Å². The van der Waals surface area contributed by atoms with Gasteiger partial charge in [-0.05, 0) is 24.3 Å². The minimum atomic E-state index is -0.967. The predicted octanol–water partition coefficient (Wildman–Crippen LogP) is 2.50. The number of nitrogens with one attached hydrogen (secondary N) is 1. The van der Waals surface area contributed by atoms with Crippen LogP contribution in [0.1, 0.15) is 38.5 Å². The monoisotopic (exact) mass is 379 g/mol. The molecule has 28 heavy (non-hydrogen) atoms. The van der Waals surface area contributed by atoms with Crippen LogP contribution in [0.25, 0.3) is 10.8 Å². The van der Waals surface area contributed by atoms with Crippen molar-refractivity contribution in [2.45, 2.75) is 44.1 Å². The van der Waals surface area contributed by atoms with Gasteiger partial charge in [0.05, 0.1) is 11.6 Å². The SMILES string of the molecule is NC(=O)C1(NC(=O)C2CC(=O)N(c3cccc4ccccc34)C2)CCCCC1. The zero-order valence-electron chi connectivity index (χ0n) is 15.8. The average molecular weight is 379 g/mol. The maximum absolute atomic E-state index is 12.9. The van der Waals surface area contributed by atoms with Crippen molar-refractivity contribution in [1.29, 1.82) is 0 Å². The lowest BCUT2D eigenvalue weighted by atomic mass is 9.80. The quantitative estimate of drug-likeness (QED) is 0.855. The van der Waals surface area contributed by atoms with Gasteiger partial charge in [0.15, 0.2) is 0 Å². The lowest BCUT2D eigenvalue weighted by molar-refractivity contribution is -0.135. The molecule has 0 aromatic heterocycles. The Hall–Kier alpha value is -2.89. The first kappa shape index (κ1) is 18.5. The Bertz CT molecular complexity index is 928. The fourth-order valence-electron chi connectivity index (χ4n) is 4.49. The van der Waals surface area contributed by atoms with Crippen molar-refractivity contribution in [3.05, 3.63) is 42.5 Å². The molecule has 2 fully saturated rings. The zero-order chi connectivity index (χ0) is 19.7. The van der Waals surface area contributed by atoms with Crippen molar-refractivity contribution in [3.8, 4) is 0 Å². The molecule has 0 bridgehead atoms. The van der Waals surface area contributed by atoms with Gasteiger partial charge in [0, 0.05) is 18.4 Å². The highest BCUT2D eigenvalue weighted by Crippen LogP contribution is 2.33. The summed E-state index contributed by atoms with van der Waals surface area (Å²) in [6.07, 6.45) is 4.07. The molecular weight excluding hydrogens is 354 g/mol. The number of nitrogens with zero attached hydrogens (tertiary/aromatic N) is 1. The third-order valence-corrected chi connectivity index (χ3v) is 6.09. The van der Waals surface area contributed by atoms with E-state index in [1.807, 2.05) is 42.5 Å². The van der Waals surface area contributed by atoms with E-state index in [4.69, 9.17) is 5.73 Å². The van der Waals surface area contributed by atoms with Crippen LogP contribution in [0.5, 0.6) is 0 Å². The molecule has 2 aromatic carbocycles. The van der Waals surface area contributed by atoms with E-state index in [0.29, 0.717) is 19.4 Å². The standard InChI is InChI=1S/C22H25N3O3/c23-21(28)22(11-4-1-5-12-22)24-20(27)16-13-19(26)25(14-16)18-10-6-8-15-7-2-3-9-17(15)18/h2-3,6-10,16H,1,4-5,11-14H2,(H2,23,28)(H,24,27). The van der Waals surface area contributed by atoms with E-state index >= 15 is 0 Å². The number of fused-ring (bicyclic) bond motifs is 1. The molecule has 6 heteroatoms.